The number of rotatable bonds is 4. The molecule has 1 aliphatic carbocycles. The summed E-state index contributed by atoms with van der Waals surface area (Å²) in [5, 5.41) is 16.2. The van der Waals surface area contributed by atoms with Crippen molar-refractivity contribution in [1.29, 1.82) is 0 Å². The summed E-state index contributed by atoms with van der Waals surface area (Å²) in [5.74, 6) is -1.28. The second kappa shape index (κ2) is 7.92. The highest BCUT2D eigenvalue weighted by molar-refractivity contribution is 6.42. The zero-order valence-electron chi connectivity index (χ0n) is 12.6. The van der Waals surface area contributed by atoms with E-state index in [1.165, 1.54) is 6.07 Å². The molecule has 0 heterocycles. The summed E-state index contributed by atoms with van der Waals surface area (Å²) < 4.78 is 18.8. The van der Waals surface area contributed by atoms with E-state index in [2.05, 4.69) is 15.7 Å². The fourth-order valence-corrected chi connectivity index (χ4v) is 2.46. The summed E-state index contributed by atoms with van der Waals surface area (Å²) in [6.07, 6.45) is 3.08. The van der Waals surface area contributed by atoms with Crippen molar-refractivity contribution < 1.29 is 19.1 Å². The van der Waals surface area contributed by atoms with Gasteiger partial charge < -0.3 is 9.94 Å². The molecule has 0 bridgehead atoms. The summed E-state index contributed by atoms with van der Waals surface area (Å²) in [4.78, 5) is 11.8. The minimum absolute atomic E-state index is 0.00665. The lowest BCUT2D eigenvalue weighted by Crippen LogP contribution is -2.20. The highest BCUT2D eigenvalue weighted by Crippen LogP contribution is 2.25. The van der Waals surface area contributed by atoms with E-state index in [-0.39, 0.29) is 22.9 Å². The molecule has 0 unspecified atom stereocenters. The van der Waals surface area contributed by atoms with Gasteiger partial charge in [0.15, 0.2) is 0 Å². The molecule has 2 rings (SSSR count). The number of hydrazone groups is 1. The van der Waals surface area contributed by atoms with Gasteiger partial charge in [-0.3, -0.25) is 5.43 Å². The number of carbonyl (C=O) groups excluding carboxylic acids is 1. The van der Waals surface area contributed by atoms with E-state index in [4.69, 9.17) is 21.5 Å². The van der Waals surface area contributed by atoms with Gasteiger partial charge in [0, 0.05) is 0 Å². The van der Waals surface area contributed by atoms with Crippen molar-refractivity contribution in [2.24, 2.45) is 10.3 Å². The van der Waals surface area contributed by atoms with Crippen molar-refractivity contribution in [2.75, 3.05) is 12.0 Å². The van der Waals surface area contributed by atoms with Crippen molar-refractivity contribution in [3.8, 4) is 0 Å². The van der Waals surface area contributed by atoms with Gasteiger partial charge in [-0.05, 0) is 44.7 Å². The number of oxime groups is 1. The van der Waals surface area contributed by atoms with E-state index in [0.29, 0.717) is 24.3 Å². The normalized spacial score (nSPS) is 18.2. The second-order valence-electron chi connectivity index (χ2n) is 4.96. The molecular weight excluding hydrogens is 325 g/mol. The fourth-order valence-electron chi connectivity index (χ4n) is 2.23. The number of ether oxygens (including phenoxy) is 1. The number of anilines is 1. The molecule has 0 saturated heterocycles. The first-order valence-corrected chi connectivity index (χ1v) is 7.64. The first-order valence-electron chi connectivity index (χ1n) is 7.26. The maximum atomic E-state index is 14.0. The third-order valence-electron chi connectivity index (χ3n) is 3.39. The van der Waals surface area contributed by atoms with Crippen molar-refractivity contribution in [2.45, 2.75) is 32.6 Å². The van der Waals surface area contributed by atoms with Gasteiger partial charge in [0.05, 0.1) is 28.6 Å². The molecule has 1 saturated carbocycles. The molecule has 23 heavy (non-hydrogen) atoms. The quantitative estimate of drug-likeness (QED) is 0.495. The lowest BCUT2D eigenvalue weighted by molar-refractivity contribution is 0.0526. The van der Waals surface area contributed by atoms with E-state index >= 15 is 0 Å². The van der Waals surface area contributed by atoms with Crippen LogP contribution in [0.15, 0.2) is 22.4 Å². The molecule has 8 heteroatoms. The Balaban J connectivity index is 2.25. The van der Waals surface area contributed by atoms with Crippen LogP contribution in [0, 0.1) is 5.82 Å². The van der Waals surface area contributed by atoms with Crippen LogP contribution in [0.2, 0.25) is 5.02 Å². The molecule has 6 nitrogen and oxygen atoms in total. The molecule has 1 aromatic rings. The number of hydrogen-bond acceptors (Lipinski definition) is 6. The molecule has 1 aliphatic rings. The molecule has 0 aromatic heterocycles. The van der Waals surface area contributed by atoms with Crippen LogP contribution in [0.4, 0.5) is 10.1 Å². The predicted octanol–water partition coefficient (Wildman–Crippen LogP) is 3.83. The smallest absolute Gasteiger partial charge is 0.339 e. The van der Waals surface area contributed by atoms with Gasteiger partial charge in [-0.2, -0.15) is 5.10 Å². The average molecular weight is 342 g/mol. The molecule has 2 N–H and O–H groups in total. The number of esters is 1. The Morgan fingerprint density at radius 1 is 1.39 bits per heavy atom. The van der Waals surface area contributed by atoms with Crippen LogP contribution in [0.25, 0.3) is 0 Å². The van der Waals surface area contributed by atoms with Gasteiger partial charge in [0.1, 0.15) is 11.5 Å². The standard InChI is InChI=1S/C15H17ClFN3O3/c1-2-23-15(21)9-7-14(11(17)8-10(9)16)19-18-12-5-3-4-6-13(12)20-22/h7-8,19,22H,2-6H2,1H3. The number of hydrogen-bond donors (Lipinski definition) is 2. The van der Waals surface area contributed by atoms with E-state index in [9.17, 15) is 9.18 Å². The molecule has 0 atom stereocenters. The number of halogens is 2. The zero-order chi connectivity index (χ0) is 16.8. The Kier molecular flexibility index (Phi) is 5.92. The largest absolute Gasteiger partial charge is 0.462 e. The van der Waals surface area contributed by atoms with Crippen LogP contribution in [-0.4, -0.2) is 29.2 Å². The maximum Gasteiger partial charge on any atom is 0.339 e. The SMILES string of the molecule is CCOC(=O)c1cc(NN=C2CCCCC2=NO)c(F)cc1Cl. The highest BCUT2D eigenvalue weighted by atomic mass is 35.5. The fraction of sp³-hybridized carbons (Fsp3) is 0.400. The second-order valence-corrected chi connectivity index (χ2v) is 5.36. The van der Waals surface area contributed by atoms with Crippen molar-refractivity contribution in [1.82, 2.24) is 0 Å². The Bertz CT molecular complexity index is 662. The zero-order valence-corrected chi connectivity index (χ0v) is 13.4. The van der Waals surface area contributed by atoms with Gasteiger partial charge in [0.2, 0.25) is 0 Å². The predicted molar refractivity (Wildman–Crippen MR) is 86.1 cm³/mol. The van der Waals surface area contributed by atoms with Crippen LogP contribution in [-0.2, 0) is 4.74 Å². The van der Waals surface area contributed by atoms with E-state index in [1.54, 1.807) is 6.92 Å². The van der Waals surface area contributed by atoms with Crippen LogP contribution < -0.4 is 5.43 Å². The lowest BCUT2D eigenvalue weighted by Gasteiger charge is -2.14. The van der Waals surface area contributed by atoms with Crippen LogP contribution in [0.5, 0.6) is 0 Å². The van der Waals surface area contributed by atoms with Crippen LogP contribution in [0.3, 0.4) is 0 Å². The van der Waals surface area contributed by atoms with Crippen molar-refractivity contribution in [3.05, 3.63) is 28.5 Å². The summed E-state index contributed by atoms with van der Waals surface area (Å²) in [6.45, 7) is 1.85. The highest BCUT2D eigenvalue weighted by Gasteiger charge is 2.18. The minimum Gasteiger partial charge on any atom is -0.462 e. The summed E-state index contributed by atoms with van der Waals surface area (Å²) in [7, 11) is 0. The Morgan fingerprint density at radius 3 is 2.74 bits per heavy atom. The van der Waals surface area contributed by atoms with Gasteiger partial charge in [0.25, 0.3) is 0 Å². The van der Waals surface area contributed by atoms with E-state index in [1.807, 2.05) is 0 Å². The van der Waals surface area contributed by atoms with Crippen LogP contribution in [0.1, 0.15) is 43.0 Å². The first kappa shape index (κ1) is 17.2. The molecule has 124 valence electrons. The molecular formula is C15H17ClFN3O3. The summed E-state index contributed by atoms with van der Waals surface area (Å²) in [5.41, 5.74) is 3.65. The van der Waals surface area contributed by atoms with E-state index in [0.717, 1.165) is 18.9 Å². The lowest BCUT2D eigenvalue weighted by atomic mass is 9.96. The Hall–Kier alpha value is -2.15. The number of nitrogens with zero attached hydrogens (tertiary/aromatic N) is 2. The minimum atomic E-state index is -0.648. The first-order chi connectivity index (χ1) is 11.1. The molecule has 0 amide bonds. The van der Waals surface area contributed by atoms with Crippen LogP contribution >= 0.6 is 11.6 Å². The number of nitrogens with one attached hydrogen (secondary N) is 1. The molecule has 0 radical (unpaired) electrons. The van der Waals surface area contributed by atoms with Gasteiger partial charge in [-0.25, -0.2) is 9.18 Å². The Morgan fingerprint density at radius 2 is 2.09 bits per heavy atom. The molecule has 0 aliphatic heterocycles. The monoisotopic (exact) mass is 341 g/mol. The van der Waals surface area contributed by atoms with Crippen molar-refractivity contribution >= 4 is 34.7 Å². The van der Waals surface area contributed by atoms with Gasteiger partial charge in [-0.1, -0.05) is 16.8 Å². The molecule has 0 spiro atoms. The summed E-state index contributed by atoms with van der Waals surface area (Å²) >= 11 is 5.87. The third-order valence-corrected chi connectivity index (χ3v) is 3.71. The topological polar surface area (TPSA) is 83.3 Å². The summed E-state index contributed by atoms with van der Waals surface area (Å²) in [6, 6.07) is 2.27. The molecule has 1 fully saturated rings. The number of carbonyl (C=O) groups is 1. The van der Waals surface area contributed by atoms with Crippen molar-refractivity contribution in [3.63, 3.8) is 0 Å². The van der Waals surface area contributed by atoms with E-state index < -0.39 is 11.8 Å². The number of benzene rings is 1. The average Bonchev–Trinajstić information content (AvgIpc) is 2.54. The maximum absolute atomic E-state index is 14.0. The van der Waals surface area contributed by atoms with Gasteiger partial charge >= 0.3 is 5.97 Å². The molecule has 1 aromatic carbocycles. The third kappa shape index (κ3) is 4.19. The van der Waals surface area contributed by atoms with Gasteiger partial charge in [-0.15, -0.1) is 0 Å². The Labute approximate surface area is 138 Å².